The molecule has 0 unspecified atom stereocenters. The zero-order chi connectivity index (χ0) is 15.6. The number of rotatable bonds is 3. The van der Waals surface area contributed by atoms with Crippen molar-refractivity contribution in [1.82, 2.24) is 9.88 Å². The van der Waals surface area contributed by atoms with E-state index in [1.165, 1.54) is 0 Å². The third-order valence-electron chi connectivity index (χ3n) is 3.94. The lowest BCUT2D eigenvalue weighted by atomic mass is 9.97. The van der Waals surface area contributed by atoms with Crippen molar-refractivity contribution in [2.75, 3.05) is 13.1 Å². The van der Waals surface area contributed by atoms with Gasteiger partial charge in [-0.05, 0) is 19.4 Å². The minimum absolute atomic E-state index is 0.0204. The summed E-state index contributed by atoms with van der Waals surface area (Å²) < 4.78 is 44.1. The number of oxazole rings is 1. The summed E-state index contributed by atoms with van der Waals surface area (Å²) in [5.74, 6) is -0.147. The van der Waals surface area contributed by atoms with Gasteiger partial charge in [-0.1, -0.05) is 30.3 Å². The van der Waals surface area contributed by atoms with E-state index in [0.717, 1.165) is 5.56 Å². The minimum atomic E-state index is -4.12. The first kappa shape index (κ1) is 15.1. The molecular formula is C16H17F3N2O. The molecule has 0 spiro atoms. The number of benzene rings is 1. The number of alkyl halides is 3. The van der Waals surface area contributed by atoms with Gasteiger partial charge in [0.1, 0.15) is 0 Å². The summed E-state index contributed by atoms with van der Waals surface area (Å²) in [6.45, 7) is 0.988. The monoisotopic (exact) mass is 310 g/mol. The highest BCUT2D eigenvalue weighted by Crippen LogP contribution is 2.33. The average Bonchev–Trinajstić information content (AvgIpc) is 2.96. The Morgan fingerprint density at radius 1 is 1.23 bits per heavy atom. The molecule has 0 amide bonds. The largest absolute Gasteiger partial charge is 0.439 e. The topological polar surface area (TPSA) is 29.3 Å². The summed E-state index contributed by atoms with van der Waals surface area (Å²) in [6.07, 6.45) is -1.74. The van der Waals surface area contributed by atoms with Crippen molar-refractivity contribution < 1.29 is 17.6 Å². The van der Waals surface area contributed by atoms with Gasteiger partial charge >= 0.3 is 6.18 Å². The summed E-state index contributed by atoms with van der Waals surface area (Å²) in [5, 5.41) is 0. The fraction of sp³-hybridized carbons (Fsp3) is 0.438. The molecule has 1 aromatic heterocycles. The second-order valence-corrected chi connectivity index (χ2v) is 5.60. The normalized spacial score (nSPS) is 20.2. The predicted molar refractivity (Wildman–Crippen MR) is 76.0 cm³/mol. The Morgan fingerprint density at radius 2 is 2.00 bits per heavy atom. The molecule has 6 heteroatoms. The summed E-state index contributed by atoms with van der Waals surface area (Å²) in [5.41, 5.74) is 0.910. The Morgan fingerprint density at radius 3 is 2.73 bits per heavy atom. The molecule has 0 bridgehead atoms. The lowest BCUT2D eigenvalue weighted by Crippen LogP contribution is -2.41. The van der Waals surface area contributed by atoms with Gasteiger partial charge in [0, 0.05) is 12.1 Å². The summed E-state index contributed by atoms with van der Waals surface area (Å²) in [6, 6.07) is 9.52. The van der Waals surface area contributed by atoms with Crippen LogP contribution in [0, 0.1) is 5.92 Å². The van der Waals surface area contributed by atoms with E-state index in [0.29, 0.717) is 31.2 Å². The van der Waals surface area contributed by atoms with Gasteiger partial charge in [0.15, 0.2) is 5.76 Å². The van der Waals surface area contributed by atoms with Crippen LogP contribution in [0.5, 0.6) is 0 Å². The van der Waals surface area contributed by atoms with E-state index in [1.54, 1.807) is 11.1 Å². The molecule has 2 aromatic rings. The van der Waals surface area contributed by atoms with E-state index in [2.05, 4.69) is 4.98 Å². The van der Waals surface area contributed by atoms with Crippen molar-refractivity contribution in [2.24, 2.45) is 5.92 Å². The first-order chi connectivity index (χ1) is 10.5. The highest BCUT2D eigenvalue weighted by atomic mass is 19.4. The molecule has 0 aliphatic carbocycles. The average molecular weight is 310 g/mol. The molecule has 1 saturated heterocycles. The summed E-state index contributed by atoms with van der Waals surface area (Å²) in [4.78, 5) is 5.95. The van der Waals surface area contributed by atoms with Gasteiger partial charge in [-0.2, -0.15) is 13.2 Å². The highest BCUT2D eigenvalue weighted by molar-refractivity contribution is 5.55. The number of halogens is 3. The molecule has 0 saturated carbocycles. The Labute approximate surface area is 126 Å². The van der Waals surface area contributed by atoms with Gasteiger partial charge in [-0.25, -0.2) is 4.98 Å². The van der Waals surface area contributed by atoms with E-state index in [4.69, 9.17) is 4.42 Å². The maximum Gasteiger partial charge on any atom is 0.393 e. The van der Waals surface area contributed by atoms with Gasteiger partial charge in [0.05, 0.1) is 18.7 Å². The van der Waals surface area contributed by atoms with Crippen LogP contribution in [-0.4, -0.2) is 29.1 Å². The Bertz CT molecular complexity index is 609. The Kier molecular flexibility index (Phi) is 4.20. The van der Waals surface area contributed by atoms with Gasteiger partial charge in [-0.3, -0.25) is 4.90 Å². The number of nitrogens with zero attached hydrogens (tertiary/aromatic N) is 2. The molecule has 1 fully saturated rings. The van der Waals surface area contributed by atoms with Crippen molar-refractivity contribution in [2.45, 2.75) is 25.6 Å². The van der Waals surface area contributed by atoms with Crippen LogP contribution in [-0.2, 0) is 6.54 Å². The minimum Gasteiger partial charge on any atom is -0.439 e. The SMILES string of the molecule is FC(F)(F)[C@H]1CCCN(Cc2ncc(-c3ccccc3)o2)C1. The maximum atomic E-state index is 12.8. The van der Waals surface area contributed by atoms with Crippen LogP contribution < -0.4 is 0 Å². The number of likely N-dealkylation sites (tertiary alicyclic amines) is 1. The van der Waals surface area contributed by atoms with Crippen LogP contribution in [0.2, 0.25) is 0 Å². The molecule has 118 valence electrons. The first-order valence-corrected chi connectivity index (χ1v) is 7.31. The molecule has 1 aliphatic rings. The van der Waals surface area contributed by atoms with E-state index < -0.39 is 12.1 Å². The fourth-order valence-electron chi connectivity index (χ4n) is 2.78. The second-order valence-electron chi connectivity index (χ2n) is 5.60. The lowest BCUT2D eigenvalue weighted by Gasteiger charge is -2.32. The molecule has 1 aromatic carbocycles. The van der Waals surface area contributed by atoms with Gasteiger partial charge in [-0.15, -0.1) is 0 Å². The second kappa shape index (κ2) is 6.12. The standard InChI is InChI=1S/C16H17F3N2O/c17-16(18,19)13-7-4-8-21(10-13)11-15-20-9-14(22-15)12-5-2-1-3-6-12/h1-3,5-6,9,13H,4,7-8,10-11H2/t13-/m0/s1. The molecule has 3 nitrogen and oxygen atoms in total. The summed E-state index contributed by atoms with van der Waals surface area (Å²) in [7, 11) is 0. The van der Waals surface area contributed by atoms with E-state index in [9.17, 15) is 13.2 Å². The first-order valence-electron chi connectivity index (χ1n) is 7.31. The van der Waals surface area contributed by atoms with Crippen molar-refractivity contribution >= 4 is 0 Å². The number of aromatic nitrogens is 1. The van der Waals surface area contributed by atoms with Gasteiger partial charge in [0.2, 0.25) is 5.89 Å². The van der Waals surface area contributed by atoms with Crippen LogP contribution >= 0.6 is 0 Å². The highest BCUT2D eigenvalue weighted by Gasteiger charge is 2.41. The number of piperidine rings is 1. The molecule has 1 aliphatic heterocycles. The fourth-order valence-corrected chi connectivity index (χ4v) is 2.78. The summed E-state index contributed by atoms with van der Waals surface area (Å²) >= 11 is 0. The number of hydrogen-bond donors (Lipinski definition) is 0. The van der Waals surface area contributed by atoms with E-state index in [-0.39, 0.29) is 13.0 Å². The Hall–Kier alpha value is -1.82. The van der Waals surface area contributed by atoms with Crippen LogP contribution in [0.3, 0.4) is 0 Å². The van der Waals surface area contributed by atoms with Crippen LogP contribution in [0.4, 0.5) is 13.2 Å². The van der Waals surface area contributed by atoms with E-state index in [1.807, 2.05) is 30.3 Å². The van der Waals surface area contributed by atoms with Crippen molar-refractivity contribution in [1.29, 1.82) is 0 Å². The smallest absolute Gasteiger partial charge is 0.393 e. The molecule has 3 rings (SSSR count). The van der Waals surface area contributed by atoms with Crippen LogP contribution in [0.1, 0.15) is 18.7 Å². The quantitative estimate of drug-likeness (QED) is 0.854. The van der Waals surface area contributed by atoms with Crippen molar-refractivity contribution in [3.05, 3.63) is 42.4 Å². The molecule has 2 heterocycles. The zero-order valence-electron chi connectivity index (χ0n) is 12.0. The Balaban J connectivity index is 1.65. The lowest BCUT2D eigenvalue weighted by molar-refractivity contribution is -0.187. The molecule has 1 atom stereocenters. The van der Waals surface area contributed by atoms with Gasteiger partial charge in [0.25, 0.3) is 0 Å². The van der Waals surface area contributed by atoms with Crippen LogP contribution in [0.25, 0.3) is 11.3 Å². The molecule has 0 N–H and O–H groups in total. The van der Waals surface area contributed by atoms with E-state index >= 15 is 0 Å². The molecule has 0 radical (unpaired) electrons. The zero-order valence-corrected chi connectivity index (χ0v) is 12.0. The van der Waals surface area contributed by atoms with Gasteiger partial charge < -0.3 is 4.42 Å². The third-order valence-corrected chi connectivity index (χ3v) is 3.94. The predicted octanol–water partition coefficient (Wildman–Crippen LogP) is 4.12. The van der Waals surface area contributed by atoms with Crippen molar-refractivity contribution in [3.8, 4) is 11.3 Å². The molecular weight excluding hydrogens is 293 g/mol. The molecule has 22 heavy (non-hydrogen) atoms. The number of hydrogen-bond acceptors (Lipinski definition) is 3. The maximum absolute atomic E-state index is 12.8. The van der Waals surface area contributed by atoms with Crippen molar-refractivity contribution in [3.63, 3.8) is 0 Å². The third kappa shape index (κ3) is 3.50. The van der Waals surface area contributed by atoms with Crippen LogP contribution in [0.15, 0.2) is 40.9 Å².